The quantitative estimate of drug-likeness (QED) is 0.117. The Kier molecular flexibility index (Phi) is 14.8. The number of methoxy groups -OCH3 is 2. The zero-order chi connectivity index (χ0) is 45.5. The fraction of sp³-hybridized carbons (Fsp3) is 0.755. The van der Waals surface area contributed by atoms with Crippen molar-refractivity contribution in [2.45, 2.75) is 190 Å². The molecule has 3 N–H and O–H groups in total. The summed E-state index contributed by atoms with van der Waals surface area (Å²) in [6.07, 6.45) is 13.4. The van der Waals surface area contributed by atoms with E-state index in [1.807, 2.05) is 32.1 Å². The van der Waals surface area contributed by atoms with Gasteiger partial charge in [-0.25, -0.2) is 0 Å². The summed E-state index contributed by atoms with van der Waals surface area (Å²) in [6, 6.07) is 0. The molecule has 2 aliphatic carbocycles. The fourth-order valence-corrected chi connectivity index (χ4v) is 11.5. The zero-order valence-corrected chi connectivity index (χ0v) is 38.7. The average molecular weight is 898 g/mol. The van der Waals surface area contributed by atoms with Gasteiger partial charge in [-0.15, -0.1) is 0 Å². The lowest BCUT2D eigenvalue weighted by Crippen LogP contribution is -2.57. The van der Waals surface area contributed by atoms with Gasteiger partial charge < -0.3 is 62.8 Å². The van der Waals surface area contributed by atoms with Crippen molar-refractivity contribution in [3.63, 3.8) is 0 Å². The minimum absolute atomic E-state index is 0.0114. The van der Waals surface area contributed by atoms with E-state index in [-0.39, 0.29) is 42.5 Å². The monoisotopic (exact) mass is 897 g/mol. The number of fused-ring (bicyclic) bond motifs is 2. The summed E-state index contributed by atoms with van der Waals surface area (Å²) in [5.74, 6) is -2.40. The van der Waals surface area contributed by atoms with Crippen LogP contribution < -0.4 is 0 Å². The van der Waals surface area contributed by atoms with E-state index in [0.717, 1.165) is 18.4 Å². The zero-order valence-electron chi connectivity index (χ0n) is 38.7. The standard InChI is InChI=1S/C49H71NO14/c1-26-12-11-15-33-25-57-46-41(50-54)29(4)20-36(49(33,46)53)47(52)60-35-21-34(63-48(24-35)19-18-28(3)44(64-48)32-13-9-10-14-32)17-16-27(2)43(26)61-40-23-38(56-8)45(31(6)59-40)62-39-22-37(55-7)42(51)30(5)58-39/h11-12,15-16,18-20,26,28,30-32,34-40,42-46,51,53-54H,9-10,13-14,17,21-25H2,1-8H3/b12-11+,27-16+,33-15+,50-41+/t26?,28-,30+,31-,34?,35?,36?,37+,38-,39+,40?,42-,43+,44?,45-,46?,48?,49-/m1/s1. The second-order valence-electron chi connectivity index (χ2n) is 19.6. The Balaban J connectivity index is 1.09. The highest BCUT2D eigenvalue weighted by Crippen LogP contribution is 2.47. The van der Waals surface area contributed by atoms with Crippen LogP contribution in [0.5, 0.6) is 0 Å². The molecule has 0 amide bonds. The minimum atomic E-state index is -1.87. The molecule has 1 saturated carbocycles. The molecule has 15 nitrogen and oxygen atoms in total. The van der Waals surface area contributed by atoms with Crippen LogP contribution in [-0.4, -0.2) is 139 Å². The van der Waals surface area contributed by atoms with Crippen LogP contribution in [0.25, 0.3) is 0 Å². The maximum absolute atomic E-state index is 14.5. The van der Waals surface area contributed by atoms with Gasteiger partial charge in [0.15, 0.2) is 18.4 Å². The van der Waals surface area contributed by atoms with Crippen molar-refractivity contribution >= 4 is 11.7 Å². The summed E-state index contributed by atoms with van der Waals surface area (Å²) in [4.78, 5) is 14.5. The molecule has 6 aliphatic heterocycles. The van der Waals surface area contributed by atoms with Gasteiger partial charge in [0.05, 0.1) is 49.3 Å². The van der Waals surface area contributed by atoms with Crippen molar-refractivity contribution < 1.29 is 67.6 Å². The van der Waals surface area contributed by atoms with E-state index in [2.05, 4.69) is 31.2 Å². The Morgan fingerprint density at radius 3 is 2.33 bits per heavy atom. The van der Waals surface area contributed by atoms with Crippen molar-refractivity contribution in [3.8, 4) is 0 Å². The van der Waals surface area contributed by atoms with Crippen molar-refractivity contribution in [1.82, 2.24) is 0 Å². The molecule has 2 bridgehead atoms. The molecule has 4 saturated heterocycles. The Labute approximate surface area is 377 Å². The first-order chi connectivity index (χ1) is 30.7. The number of carbonyl (C=O) groups is 1. The van der Waals surface area contributed by atoms with Gasteiger partial charge in [0, 0.05) is 51.7 Å². The molecule has 5 fully saturated rings. The fourth-order valence-electron chi connectivity index (χ4n) is 11.5. The van der Waals surface area contributed by atoms with E-state index in [0.29, 0.717) is 49.2 Å². The maximum Gasteiger partial charge on any atom is 0.316 e. The number of nitrogens with zero attached hydrogens (tertiary/aromatic N) is 1. The van der Waals surface area contributed by atoms with E-state index in [1.54, 1.807) is 40.2 Å². The van der Waals surface area contributed by atoms with Gasteiger partial charge in [-0.2, -0.15) is 0 Å². The molecule has 8 rings (SSSR count). The van der Waals surface area contributed by atoms with Gasteiger partial charge in [-0.3, -0.25) is 4.79 Å². The van der Waals surface area contributed by atoms with Crippen molar-refractivity contribution in [1.29, 1.82) is 0 Å². The third-order valence-electron chi connectivity index (χ3n) is 15.1. The van der Waals surface area contributed by atoms with Gasteiger partial charge in [-0.05, 0) is 75.7 Å². The molecule has 0 radical (unpaired) electrons. The maximum atomic E-state index is 14.5. The Morgan fingerprint density at radius 2 is 1.59 bits per heavy atom. The van der Waals surface area contributed by atoms with Gasteiger partial charge in [0.1, 0.15) is 41.6 Å². The molecule has 18 atom stereocenters. The Morgan fingerprint density at radius 1 is 0.875 bits per heavy atom. The summed E-state index contributed by atoms with van der Waals surface area (Å²) in [7, 11) is 3.22. The predicted molar refractivity (Wildman–Crippen MR) is 233 cm³/mol. The Bertz CT molecular complexity index is 1860. The van der Waals surface area contributed by atoms with E-state index >= 15 is 0 Å². The van der Waals surface area contributed by atoms with Crippen LogP contribution in [0.4, 0.5) is 0 Å². The average Bonchev–Trinajstić information content (AvgIpc) is 3.93. The van der Waals surface area contributed by atoms with E-state index in [4.69, 9.17) is 47.4 Å². The van der Waals surface area contributed by atoms with Crippen LogP contribution in [0, 0.1) is 23.7 Å². The van der Waals surface area contributed by atoms with Crippen molar-refractivity contribution in [2.75, 3.05) is 20.8 Å². The van der Waals surface area contributed by atoms with Crippen LogP contribution in [-0.2, 0) is 52.2 Å². The third-order valence-corrected chi connectivity index (χ3v) is 15.1. The number of allylic oxidation sites excluding steroid dienone is 2. The van der Waals surface area contributed by atoms with Crippen LogP contribution in [0.1, 0.15) is 99.3 Å². The van der Waals surface area contributed by atoms with Crippen LogP contribution >= 0.6 is 0 Å². The number of hydrogen-bond acceptors (Lipinski definition) is 15. The molecule has 15 heteroatoms. The summed E-state index contributed by atoms with van der Waals surface area (Å²) >= 11 is 0. The normalized spacial score (nSPS) is 48.5. The second-order valence-corrected chi connectivity index (χ2v) is 19.6. The number of oxime groups is 1. The summed E-state index contributed by atoms with van der Waals surface area (Å²) in [5, 5.41) is 36.7. The van der Waals surface area contributed by atoms with Gasteiger partial charge >= 0.3 is 5.97 Å². The molecule has 0 aromatic rings. The number of aliphatic hydroxyl groups is 2. The molecule has 6 heterocycles. The van der Waals surface area contributed by atoms with Gasteiger partial charge in [0.2, 0.25) is 0 Å². The third kappa shape index (κ3) is 9.51. The topological polar surface area (TPSA) is 182 Å². The number of hydrogen-bond donors (Lipinski definition) is 3. The molecular weight excluding hydrogens is 827 g/mol. The number of esters is 1. The smallest absolute Gasteiger partial charge is 0.316 e. The summed E-state index contributed by atoms with van der Waals surface area (Å²) in [6.45, 7) is 11.8. The van der Waals surface area contributed by atoms with Crippen molar-refractivity contribution in [3.05, 3.63) is 59.3 Å². The molecule has 0 aromatic carbocycles. The van der Waals surface area contributed by atoms with E-state index in [1.165, 1.54) is 12.8 Å². The largest absolute Gasteiger partial charge is 0.462 e. The number of aliphatic hydroxyl groups excluding tert-OH is 1. The molecular formula is C49H71NO14. The van der Waals surface area contributed by atoms with Crippen molar-refractivity contribution in [2.24, 2.45) is 28.8 Å². The van der Waals surface area contributed by atoms with Gasteiger partial charge in [0.25, 0.3) is 0 Å². The van der Waals surface area contributed by atoms with E-state index < -0.39 is 84.7 Å². The highest BCUT2D eigenvalue weighted by Gasteiger charge is 2.60. The molecule has 356 valence electrons. The lowest BCUT2D eigenvalue weighted by atomic mass is 9.71. The molecule has 8 unspecified atom stereocenters. The van der Waals surface area contributed by atoms with Crippen LogP contribution in [0.2, 0.25) is 0 Å². The molecule has 0 aromatic heterocycles. The van der Waals surface area contributed by atoms with E-state index in [9.17, 15) is 20.2 Å². The molecule has 64 heavy (non-hydrogen) atoms. The first-order valence-electron chi connectivity index (χ1n) is 23.6. The molecule has 8 aliphatic rings. The second kappa shape index (κ2) is 19.8. The highest BCUT2D eigenvalue weighted by atomic mass is 16.7. The van der Waals surface area contributed by atoms with Crippen LogP contribution in [0.15, 0.2) is 64.4 Å². The lowest BCUT2D eigenvalue weighted by molar-refractivity contribution is -0.318. The lowest BCUT2D eigenvalue weighted by Gasteiger charge is -2.48. The Hall–Kier alpha value is -2.80. The first-order valence-corrected chi connectivity index (χ1v) is 23.6. The SMILES string of the molecule is CO[C@H]1C[C@H](O[C@@H]2[C@@H](C)OC(O[C@@H]3/C(C)=C/CC4CC(CC5(C=C[C@@H](C)C(C6CCCC6)O5)O4)OC(=O)C4C=C(C)/C(=N\O)C5OC/C(=C\C=C\C3C)[C@@]45O)C[C@H]2OC)O[C@@H](C)[C@H]1O. The summed E-state index contributed by atoms with van der Waals surface area (Å²) < 4.78 is 64.1. The number of rotatable bonds is 7. The predicted octanol–water partition coefficient (Wildman–Crippen LogP) is 5.99. The summed E-state index contributed by atoms with van der Waals surface area (Å²) in [5.41, 5.74) is 0.238. The first kappa shape index (κ1) is 47.7. The minimum Gasteiger partial charge on any atom is -0.462 e. The highest BCUT2D eigenvalue weighted by molar-refractivity contribution is 6.06. The number of ether oxygens (including phenoxy) is 10. The van der Waals surface area contributed by atoms with Gasteiger partial charge in [-0.1, -0.05) is 68.3 Å². The number of carbonyl (C=O) groups excluding carboxylic acids is 1. The van der Waals surface area contributed by atoms with Crippen LogP contribution in [0.3, 0.4) is 0 Å². The molecule has 1 spiro atoms.